The van der Waals surface area contributed by atoms with Crippen LogP contribution in [0.25, 0.3) is 11.3 Å². The van der Waals surface area contributed by atoms with Gasteiger partial charge in [0.25, 0.3) is 5.91 Å². The number of nitrogens with one attached hydrogen (secondary N) is 1. The molecule has 152 valence electrons. The molecular formula is C23H18N6O2. The van der Waals surface area contributed by atoms with E-state index in [0.29, 0.717) is 35.7 Å². The Hall–Kier alpha value is -4.56. The average Bonchev–Trinajstić information content (AvgIpc) is 3.14. The van der Waals surface area contributed by atoms with Crippen LogP contribution < -0.4 is 11.1 Å². The number of nitrogens with zero attached hydrogens (tertiary/aromatic N) is 4. The number of carbonyl (C=O) groups excluding carboxylic acids is 2. The molecule has 4 rings (SSSR count). The molecule has 0 atom stereocenters. The number of aromatic nitrogens is 1. The Morgan fingerprint density at radius 1 is 0.968 bits per heavy atom. The van der Waals surface area contributed by atoms with Gasteiger partial charge in [0.05, 0.1) is 40.7 Å². The van der Waals surface area contributed by atoms with Gasteiger partial charge >= 0.3 is 6.03 Å². The molecule has 0 bridgehead atoms. The van der Waals surface area contributed by atoms with E-state index >= 15 is 0 Å². The summed E-state index contributed by atoms with van der Waals surface area (Å²) in [6, 6.07) is 19.7. The van der Waals surface area contributed by atoms with Crippen LogP contribution >= 0.6 is 0 Å². The first-order valence-electron chi connectivity index (χ1n) is 9.60. The van der Waals surface area contributed by atoms with Crippen LogP contribution in [0.2, 0.25) is 0 Å². The summed E-state index contributed by atoms with van der Waals surface area (Å²) < 4.78 is 1.90. The zero-order chi connectivity index (χ0) is 22.0. The molecule has 1 aliphatic rings. The largest absolute Gasteiger partial charge is 0.366 e. The summed E-state index contributed by atoms with van der Waals surface area (Å²) >= 11 is 0. The van der Waals surface area contributed by atoms with Gasteiger partial charge < -0.3 is 20.5 Å². The molecule has 1 aromatic heterocycles. The number of hydrogen-bond donors (Lipinski definition) is 2. The first-order valence-corrected chi connectivity index (χ1v) is 9.60. The van der Waals surface area contributed by atoms with Gasteiger partial charge in [-0.05, 0) is 29.8 Å². The van der Waals surface area contributed by atoms with Crippen molar-refractivity contribution in [1.29, 1.82) is 10.5 Å². The summed E-state index contributed by atoms with van der Waals surface area (Å²) in [5.74, 6) is -0.697. The van der Waals surface area contributed by atoms with E-state index in [-0.39, 0.29) is 23.7 Å². The maximum Gasteiger partial charge on any atom is 0.322 e. The molecule has 3 amide bonds. The molecule has 0 aliphatic carbocycles. The summed E-state index contributed by atoms with van der Waals surface area (Å²) in [6.07, 6.45) is 0. The fourth-order valence-electron chi connectivity index (χ4n) is 3.83. The number of amides is 3. The number of benzene rings is 2. The first kappa shape index (κ1) is 19.7. The number of hydrogen-bond acceptors (Lipinski definition) is 4. The third-order valence-corrected chi connectivity index (χ3v) is 5.26. The van der Waals surface area contributed by atoms with Gasteiger partial charge in [0, 0.05) is 18.8 Å². The average molecular weight is 410 g/mol. The fourth-order valence-corrected chi connectivity index (χ4v) is 3.83. The van der Waals surface area contributed by atoms with E-state index in [1.807, 2.05) is 41.0 Å². The third kappa shape index (κ3) is 3.59. The number of primary amides is 1. The van der Waals surface area contributed by atoms with Crippen LogP contribution in [0.5, 0.6) is 0 Å². The highest BCUT2D eigenvalue weighted by Crippen LogP contribution is 2.34. The molecule has 2 aromatic carbocycles. The minimum absolute atomic E-state index is 0.141. The summed E-state index contributed by atoms with van der Waals surface area (Å²) in [4.78, 5) is 26.6. The lowest BCUT2D eigenvalue weighted by molar-refractivity contribution is 0.0997. The van der Waals surface area contributed by atoms with Crippen molar-refractivity contribution in [3.8, 4) is 23.4 Å². The summed E-state index contributed by atoms with van der Waals surface area (Å²) in [5, 5.41) is 21.5. The highest BCUT2D eigenvalue weighted by molar-refractivity contribution is 6.00. The van der Waals surface area contributed by atoms with Gasteiger partial charge in [-0.15, -0.1) is 0 Å². The lowest BCUT2D eigenvalue weighted by Crippen LogP contribution is -2.41. The van der Waals surface area contributed by atoms with Gasteiger partial charge in [-0.2, -0.15) is 10.5 Å². The van der Waals surface area contributed by atoms with Gasteiger partial charge in [-0.3, -0.25) is 4.79 Å². The van der Waals surface area contributed by atoms with Crippen molar-refractivity contribution in [3.05, 3.63) is 77.0 Å². The Morgan fingerprint density at radius 2 is 1.68 bits per heavy atom. The van der Waals surface area contributed by atoms with Gasteiger partial charge in [-0.25, -0.2) is 4.79 Å². The minimum atomic E-state index is -0.697. The molecule has 0 fully saturated rings. The Labute approximate surface area is 178 Å². The maximum atomic E-state index is 12.8. The molecule has 0 saturated heterocycles. The lowest BCUT2D eigenvalue weighted by atomic mass is 10.0. The molecule has 0 unspecified atom stereocenters. The number of urea groups is 1. The maximum absolute atomic E-state index is 12.8. The molecule has 0 saturated carbocycles. The van der Waals surface area contributed by atoms with Crippen molar-refractivity contribution in [2.75, 3.05) is 11.9 Å². The summed E-state index contributed by atoms with van der Waals surface area (Å²) in [7, 11) is 0. The van der Waals surface area contributed by atoms with E-state index < -0.39 is 5.91 Å². The molecule has 8 heteroatoms. The number of anilines is 1. The second-order valence-corrected chi connectivity index (χ2v) is 7.08. The van der Waals surface area contributed by atoms with Crippen molar-refractivity contribution >= 4 is 17.6 Å². The van der Waals surface area contributed by atoms with Crippen LogP contribution in [0.1, 0.15) is 27.2 Å². The fraction of sp³-hybridized carbons (Fsp3) is 0.130. The molecule has 8 nitrogen and oxygen atoms in total. The third-order valence-electron chi connectivity index (χ3n) is 5.26. The van der Waals surface area contributed by atoms with Crippen LogP contribution in [0, 0.1) is 22.7 Å². The molecule has 1 aliphatic heterocycles. The van der Waals surface area contributed by atoms with E-state index in [1.165, 1.54) is 0 Å². The van der Waals surface area contributed by atoms with Gasteiger partial charge in [0.1, 0.15) is 6.07 Å². The van der Waals surface area contributed by atoms with Crippen LogP contribution in [-0.4, -0.2) is 28.0 Å². The lowest BCUT2D eigenvalue weighted by Gasteiger charge is -2.30. The Balaban J connectivity index is 1.68. The normalized spacial score (nSPS) is 12.4. The molecule has 3 N–H and O–H groups in total. The number of fused-ring (bicyclic) bond motifs is 1. The number of nitrogens with two attached hydrogens (primary N) is 1. The van der Waals surface area contributed by atoms with E-state index in [9.17, 15) is 14.9 Å². The summed E-state index contributed by atoms with van der Waals surface area (Å²) in [6.45, 7) is 0.955. The van der Waals surface area contributed by atoms with Crippen LogP contribution in [0.15, 0.2) is 54.6 Å². The molecule has 0 radical (unpaired) electrons. The number of rotatable bonds is 3. The van der Waals surface area contributed by atoms with Crippen molar-refractivity contribution < 1.29 is 9.59 Å². The predicted octanol–water partition coefficient (Wildman–Crippen LogP) is 3.05. The number of nitriles is 2. The quantitative estimate of drug-likeness (QED) is 0.688. The van der Waals surface area contributed by atoms with E-state index in [4.69, 9.17) is 11.0 Å². The van der Waals surface area contributed by atoms with Crippen LogP contribution in [-0.2, 0) is 13.1 Å². The van der Waals surface area contributed by atoms with Crippen molar-refractivity contribution in [1.82, 2.24) is 9.47 Å². The van der Waals surface area contributed by atoms with Gasteiger partial charge in [-0.1, -0.05) is 30.3 Å². The smallest absolute Gasteiger partial charge is 0.322 e. The van der Waals surface area contributed by atoms with Crippen molar-refractivity contribution in [2.45, 2.75) is 13.1 Å². The topological polar surface area (TPSA) is 128 Å². The molecule has 3 aromatic rings. The highest BCUT2D eigenvalue weighted by Gasteiger charge is 2.32. The zero-order valence-electron chi connectivity index (χ0n) is 16.5. The van der Waals surface area contributed by atoms with Crippen LogP contribution in [0.3, 0.4) is 0 Å². The minimum Gasteiger partial charge on any atom is -0.366 e. The van der Waals surface area contributed by atoms with E-state index in [0.717, 1.165) is 5.56 Å². The van der Waals surface area contributed by atoms with E-state index in [2.05, 4.69) is 11.4 Å². The monoisotopic (exact) mass is 410 g/mol. The Morgan fingerprint density at radius 3 is 2.29 bits per heavy atom. The Kier molecular flexibility index (Phi) is 5.13. The van der Waals surface area contributed by atoms with E-state index in [1.54, 1.807) is 29.2 Å². The Bertz CT molecular complexity index is 1250. The van der Waals surface area contributed by atoms with Gasteiger partial charge in [0.15, 0.2) is 0 Å². The second kappa shape index (κ2) is 8.05. The molecule has 2 heterocycles. The summed E-state index contributed by atoms with van der Waals surface area (Å²) in [5.41, 5.74) is 9.05. The van der Waals surface area contributed by atoms with Crippen molar-refractivity contribution in [3.63, 3.8) is 0 Å². The van der Waals surface area contributed by atoms with Gasteiger partial charge in [0.2, 0.25) is 0 Å². The molecule has 0 spiro atoms. The second-order valence-electron chi connectivity index (χ2n) is 7.08. The zero-order valence-corrected chi connectivity index (χ0v) is 16.5. The molecular weight excluding hydrogens is 392 g/mol. The number of carbonyl (C=O) groups is 2. The predicted molar refractivity (Wildman–Crippen MR) is 114 cm³/mol. The SMILES string of the molecule is N#Cc1ccc(NC(=O)N2CCn3c(c(C(N)=O)c(C#N)c3-c3ccccc3)C2)cc1. The van der Waals surface area contributed by atoms with Crippen LogP contribution in [0.4, 0.5) is 10.5 Å². The molecule has 31 heavy (non-hydrogen) atoms. The standard InChI is InChI=1S/C23H18N6O2/c24-12-15-6-8-17(9-7-15)27-23(31)28-10-11-29-19(14-28)20(22(26)30)18(13-25)21(29)16-4-2-1-3-5-16/h1-9H,10-11,14H2,(H2,26,30)(H,27,31). The first-order chi connectivity index (χ1) is 15.0. The highest BCUT2D eigenvalue weighted by atomic mass is 16.2. The van der Waals surface area contributed by atoms with Crippen molar-refractivity contribution in [2.24, 2.45) is 5.73 Å².